The van der Waals surface area contributed by atoms with Gasteiger partial charge in [-0.25, -0.2) is 0 Å². The van der Waals surface area contributed by atoms with Crippen LogP contribution < -0.4 is 0 Å². The number of carbonyl (C=O) groups is 1. The third-order valence-electron chi connectivity index (χ3n) is 10.9. The van der Waals surface area contributed by atoms with Gasteiger partial charge in [-0.2, -0.15) is 0 Å². The largest absolute Gasteiger partial charge is 0.390 e. The number of hydrogen-bond acceptors (Lipinski definition) is 3. The first-order chi connectivity index (χ1) is 15.0. The minimum absolute atomic E-state index is 0.0448. The van der Waals surface area contributed by atoms with Gasteiger partial charge in [0.15, 0.2) is 5.78 Å². The van der Waals surface area contributed by atoms with Gasteiger partial charge in [0.1, 0.15) is 0 Å². The third-order valence-corrected chi connectivity index (χ3v) is 10.9. The molecule has 0 aromatic carbocycles. The van der Waals surface area contributed by atoms with E-state index in [0.717, 1.165) is 12.8 Å². The molecule has 4 aliphatic rings. The summed E-state index contributed by atoms with van der Waals surface area (Å²) in [5.41, 5.74) is 1.64. The number of fused-ring (bicyclic) bond motifs is 5. The Kier molecular flexibility index (Phi) is 6.57. The van der Waals surface area contributed by atoms with Crippen LogP contribution >= 0.6 is 0 Å². The molecule has 0 bridgehead atoms. The first-order valence-electron chi connectivity index (χ1n) is 13.3. The first-order valence-corrected chi connectivity index (χ1v) is 13.3. The summed E-state index contributed by atoms with van der Waals surface area (Å²) in [6.07, 6.45) is 12.6. The Morgan fingerprint density at radius 3 is 2.41 bits per heavy atom. The molecule has 0 amide bonds. The van der Waals surface area contributed by atoms with E-state index < -0.39 is 12.2 Å². The molecule has 32 heavy (non-hydrogen) atoms. The first kappa shape index (κ1) is 24.2. The van der Waals surface area contributed by atoms with E-state index in [4.69, 9.17) is 0 Å². The summed E-state index contributed by atoms with van der Waals surface area (Å²) >= 11 is 0. The molecule has 10 atom stereocenters. The molecule has 0 spiro atoms. The lowest BCUT2D eigenvalue weighted by Crippen LogP contribution is -2.51. The van der Waals surface area contributed by atoms with E-state index in [1.54, 1.807) is 6.08 Å². The monoisotopic (exact) mass is 442 g/mol. The van der Waals surface area contributed by atoms with Crippen LogP contribution in [-0.2, 0) is 4.79 Å². The van der Waals surface area contributed by atoms with Crippen LogP contribution in [0.2, 0.25) is 0 Å². The Morgan fingerprint density at radius 1 is 1.03 bits per heavy atom. The van der Waals surface area contributed by atoms with Gasteiger partial charge in [-0.3, -0.25) is 4.79 Å². The fourth-order valence-electron chi connectivity index (χ4n) is 9.01. The lowest BCUT2D eigenvalue weighted by Gasteiger charge is -2.57. The van der Waals surface area contributed by atoms with Crippen LogP contribution in [0.1, 0.15) is 86.5 Å². The molecule has 0 radical (unpaired) electrons. The number of allylic oxidation sites excluding steroid dienone is 4. The van der Waals surface area contributed by atoms with Gasteiger partial charge in [-0.1, -0.05) is 59.6 Å². The Labute approximate surface area is 195 Å². The summed E-state index contributed by atoms with van der Waals surface area (Å²) < 4.78 is 0. The molecule has 3 fully saturated rings. The van der Waals surface area contributed by atoms with Crippen LogP contribution in [0.25, 0.3) is 0 Å². The van der Waals surface area contributed by atoms with Crippen molar-refractivity contribution in [2.45, 2.75) is 98.7 Å². The van der Waals surface area contributed by atoms with Gasteiger partial charge in [0.05, 0.1) is 12.2 Å². The van der Waals surface area contributed by atoms with Crippen LogP contribution in [0.5, 0.6) is 0 Å². The molecule has 180 valence electrons. The molecule has 0 saturated heterocycles. The second-order valence-corrected chi connectivity index (χ2v) is 12.5. The maximum absolute atomic E-state index is 12.0. The number of carbonyl (C=O) groups excluding carboxylic acids is 1. The molecule has 4 unspecified atom stereocenters. The highest BCUT2D eigenvalue weighted by Gasteiger charge is 2.59. The van der Waals surface area contributed by atoms with E-state index in [1.165, 1.54) is 37.7 Å². The molecular formula is C29H46O3. The molecule has 4 aliphatic carbocycles. The van der Waals surface area contributed by atoms with Crippen molar-refractivity contribution in [3.63, 3.8) is 0 Å². The topological polar surface area (TPSA) is 57.5 Å². The lowest BCUT2D eigenvalue weighted by atomic mass is 9.47. The van der Waals surface area contributed by atoms with E-state index in [9.17, 15) is 15.0 Å². The van der Waals surface area contributed by atoms with Gasteiger partial charge in [-0.05, 0) is 97.5 Å². The standard InChI is InChI=1S/C29H46O3/c1-7-21(17(2)3)27(32)26(31)18(4)23-10-11-24-22-9-8-19-16-20(30)12-14-28(19,5)25(22)13-15-29(23,24)6/h12,14,16-18,21-27,31-32H,7-11,13,15H2,1-6H3/t18?,21-,22?,23+,24?,25?,26-,27-,28-,29+/m0/s1. The molecule has 0 aliphatic heterocycles. The van der Waals surface area contributed by atoms with Crippen molar-refractivity contribution in [2.75, 3.05) is 0 Å². The van der Waals surface area contributed by atoms with Crippen molar-refractivity contribution in [1.82, 2.24) is 0 Å². The predicted molar refractivity (Wildman–Crippen MR) is 130 cm³/mol. The second kappa shape index (κ2) is 8.69. The van der Waals surface area contributed by atoms with Crippen LogP contribution in [-0.4, -0.2) is 28.2 Å². The maximum atomic E-state index is 12.0. The Hall–Kier alpha value is -0.930. The second-order valence-electron chi connectivity index (χ2n) is 12.5. The summed E-state index contributed by atoms with van der Waals surface area (Å²) in [6.45, 7) is 13.5. The highest BCUT2D eigenvalue weighted by atomic mass is 16.3. The minimum Gasteiger partial charge on any atom is -0.390 e. The summed E-state index contributed by atoms with van der Waals surface area (Å²) in [4.78, 5) is 12.0. The molecule has 4 rings (SSSR count). The van der Waals surface area contributed by atoms with Gasteiger partial charge < -0.3 is 10.2 Å². The molecule has 3 nitrogen and oxygen atoms in total. The molecule has 0 heterocycles. The normalized spacial score (nSPS) is 42.5. The number of rotatable bonds is 6. The van der Waals surface area contributed by atoms with E-state index in [-0.39, 0.29) is 28.4 Å². The van der Waals surface area contributed by atoms with Gasteiger partial charge in [0.2, 0.25) is 0 Å². The van der Waals surface area contributed by atoms with Gasteiger partial charge in [-0.15, -0.1) is 0 Å². The molecule has 2 N–H and O–H groups in total. The maximum Gasteiger partial charge on any atom is 0.178 e. The van der Waals surface area contributed by atoms with E-state index in [1.807, 2.05) is 6.08 Å². The summed E-state index contributed by atoms with van der Waals surface area (Å²) in [6, 6.07) is 0. The van der Waals surface area contributed by atoms with Crippen LogP contribution in [0, 0.1) is 52.3 Å². The van der Waals surface area contributed by atoms with Crippen molar-refractivity contribution < 1.29 is 15.0 Å². The van der Waals surface area contributed by atoms with Crippen LogP contribution in [0.15, 0.2) is 23.8 Å². The van der Waals surface area contributed by atoms with Crippen LogP contribution in [0.4, 0.5) is 0 Å². The summed E-state index contributed by atoms with van der Waals surface area (Å²) in [7, 11) is 0. The SMILES string of the molecule is CC[C@@H](C(C)C)[C@H](O)[C@@H](O)C(C)[C@H]1CCC2C3CCC4=CC(=O)C=C[C@]4(C)C3CC[C@@]21C. The van der Waals surface area contributed by atoms with Crippen molar-refractivity contribution >= 4 is 5.78 Å². The number of aliphatic hydroxyl groups is 2. The number of ketones is 1. The molecular weight excluding hydrogens is 396 g/mol. The number of hydrogen-bond donors (Lipinski definition) is 2. The van der Waals surface area contributed by atoms with E-state index in [2.05, 4.69) is 47.6 Å². The van der Waals surface area contributed by atoms with Gasteiger partial charge >= 0.3 is 0 Å². The van der Waals surface area contributed by atoms with Gasteiger partial charge in [0.25, 0.3) is 0 Å². The van der Waals surface area contributed by atoms with Crippen molar-refractivity contribution in [3.05, 3.63) is 23.8 Å². The summed E-state index contributed by atoms with van der Waals surface area (Å²) in [5.74, 6) is 3.28. The molecule has 0 aromatic rings. The fraction of sp³-hybridized carbons (Fsp3) is 0.828. The average molecular weight is 443 g/mol. The van der Waals surface area contributed by atoms with Crippen molar-refractivity contribution in [2.24, 2.45) is 52.3 Å². The molecule has 0 aromatic heterocycles. The van der Waals surface area contributed by atoms with Crippen LogP contribution in [0.3, 0.4) is 0 Å². The zero-order valence-electron chi connectivity index (χ0n) is 21.2. The highest BCUT2D eigenvalue weighted by molar-refractivity contribution is 6.01. The van der Waals surface area contributed by atoms with Crippen molar-refractivity contribution in [1.29, 1.82) is 0 Å². The Balaban J connectivity index is 1.54. The third kappa shape index (κ3) is 3.66. The molecule has 3 heteroatoms. The Bertz CT molecular complexity index is 781. The zero-order chi connectivity index (χ0) is 23.4. The number of aliphatic hydroxyl groups excluding tert-OH is 2. The van der Waals surface area contributed by atoms with Gasteiger partial charge in [0, 0.05) is 5.41 Å². The zero-order valence-corrected chi connectivity index (χ0v) is 21.2. The highest BCUT2D eigenvalue weighted by Crippen LogP contribution is 2.67. The minimum atomic E-state index is -0.647. The van der Waals surface area contributed by atoms with E-state index >= 15 is 0 Å². The molecule has 3 saturated carbocycles. The van der Waals surface area contributed by atoms with E-state index in [0.29, 0.717) is 29.6 Å². The average Bonchev–Trinajstić information content (AvgIpc) is 3.10. The van der Waals surface area contributed by atoms with Crippen molar-refractivity contribution in [3.8, 4) is 0 Å². The predicted octanol–water partition coefficient (Wildman–Crippen LogP) is 5.95. The smallest absolute Gasteiger partial charge is 0.178 e. The summed E-state index contributed by atoms with van der Waals surface area (Å²) in [5, 5.41) is 22.3. The fourth-order valence-corrected chi connectivity index (χ4v) is 9.01. The Morgan fingerprint density at radius 2 is 1.75 bits per heavy atom. The lowest BCUT2D eigenvalue weighted by molar-refractivity contribution is -0.111. The quantitative estimate of drug-likeness (QED) is 0.534.